The van der Waals surface area contributed by atoms with Gasteiger partial charge in [0, 0.05) is 0 Å². The molecule has 0 atom stereocenters. The summed E-state index contributed by atoms with van der Waals surface area (Å²) in [6.45, 7) is 4.99. The molecule has 0 bridgehead atoms. The lowest BCUT2D eigenvalue weighted by atomic mass is 9.98. The number of hydrazine groups is 2. The van der Waals surface area contributed by atoms with Crippen molar-refractivity contribution >= 4 is 40.4 Å². The maximum Gasteiger partial charge on any atom is 0.340 e. The number of amides is 4. The van der Waals surface area contributed by atoms with Gasteiger partial charge < -0.3 is 16.3 Å². The van der Waals surface area contributed by atoms with Crippen molar-refractivity contribution in [2.24, 2.45) is 28.6 Å². The number of benzene rings is 1. The van der Waals surface area contributed by atoms with E-state index in [-0.39, 0.29) is 22.4 Å². The Morgan fingerprint density at radius 3 is 2.15 bits per heavy atom. The minimum absolute atomic E-state index is 0.103. The van der Waals surface area contributed by atoms with Crippen molar-refractivity contribution in [3.8, 4) is 0 Å². The molecule has 0 saturated carbocycles. The van der Waals surface area contributed by atoms with Crippen LogP contribution in [0.3, 0.4) is 0 Å². The number of rotatable bonds is 3. The van der Waals surface area contributed by atoms with Crippen LogP contribution in [0, 0.1) is 5.41 Å². The summed E-state index contributed by atoms with van der Waals surface area (Å²) in [4.78, 5) is 41.0. The summed E-state index contributed by atoms with van der Waals surface area (Å²) < 4.78 is 0. The monoisotopic (exact) mass is 364 g/mol. The maximum atomic E-state index is 12.1. The van der Waals surface area contributed by atoms with Crippen LogP contribution in [0.1, 0.15) is 20.8 Å². The van der Waals surface area contributed by atoms with Crippen molar-refractivity contribution in [2.75, 3.05) is 10.0 Å². The van der Waals surface area contributed by atoms with Crippen LogP contribution in [0.5, 0.6) is 0 Å². The molecule has 12 nitrogen and oxygen atoms in total. The number of primary amides is 2. The quantitative estimate of drug-likeness (QED) is 0.322. The van der Waals surface area contributed by atoms with E-state index in [0.29, 0.717) is 10.0 Å². The fourth-order valence-corrected chi connectivity index (χ4v) is 1.91. The Hall–Kier alpha value is -3.38. The molecular weight excluding hydrogens is 344 g/mol. The number of urea groups is 2. The van der Waals surface area contributed by atoms with E-state index < -0.39 is 23.4 Å². The summed E-state index contributed by atoms with van der Waals surface area (Å²) in [5.74, 6) is 10.5. The normalized spacial score (nSPS) is 11.3. The van der Waals surface area contributed by atoms with Crippen molar-refractivity contribution in [3.63, 3.8) is 0 Å². The molecule has 1 aromatic carbocycles. The molecule has 0 radical (unpaired) electrons. The molecule has 2 aromatic rings. The van der Waals surface area contributed by atoms with Crippen molar-refractivity contribution in [3.05, 3.63) is 18.2 Å². The fourth-order valence-electron chi connectivity index (χ4n) is 1.91. The summed E-state index contributed by atoms with van der Waals surface area (Å²) in [5, 5.41) is 5.51. The molecule has 0 aliphatic rings. The van der Waals surface area contributed by atoms with Crippen molar-refractivity contribution in [1.29, 1.82) is 0 Å². The molecule has 0 aliphatic heterocycles. The molecule has 1 aromatic heterocycles. The second-order valence-electron chi connectivity index (χ2n) is 6.44. The second kappa shape index (κ2) is 6.50. The zero-order chi connectivity index (χ0) is 19.8. The Morgan fingerprint density at radius 2 is 1.65 bits per heavy atom. The maximum absolute atomic E-state index is 12.1. The van der Waals surface area contributed by atoms with Gasteiger partial charge in [0.05, 0.1) is 16.5 Å². The Bertz CT molecular complexity index is 885. The summed E-state index contributed by atoms with van der Waals surface area (Å²) in [6.07, 6.45) is 0. The first-order valence-electron chi connectivity index (χ1n) is 7.37. The van der Waals surface area contributed by atoms with Gasteiger partial charge in [-0.05, 0) is 39.0 Å². The molecular formula is C14H20N8O4. The minimum atomic E-state index is -0.997. The van der Waals surface area contributed by atoms with Crippen LogP contribution in [0.2, 0.25) is 0 Å². The molecule has 2 rings (SSSR count). The van der Waals surface area contributed by atoms with Gasteiger partial charge in [0.15, 0.2) is 5.82 Å². The van der Waals surface area contributed by atoms with Gasteiger partial charge in [-0.25, -0.2) is 36.1 Å². The van der Waals surface area contributed by atoms with Crippen molar-refractivity contribution in [1.82, 2.24) is 9.94 Å². The molecule has 140 valence electrons. The highest BCUT2D eigenvalue weighted by molar-refractivity contribution is 6.02. The number of carbonyl (C=O) groups excluding carboxylic acids is 3. The first kappa shape index (κ1) is 19.0. The van der Waals surface area contributed by atoms with Crippen LogP contribution in [-0.2, 0) is 4.79 Å². The average Bonchev–Trinajstić information content (AvgIpc) is 2.90. The number of fused-ring (bicyclic) bond motifs is 1. The highest BCUT2D eigenvalue weighted by Crippen LogP contribution is 2.28. The zero-order valence-corrected chi connectivity index (χ0v) is 14.5. The lowest BCUT2D eigenvalue weighted by Crippen LogP contribution is -2.42. The van der Waals surface area contributed by atoms with E-state index in [9.17, 15) is 14.4 Å². The topological polar surface area (TPSA) is 189 Å². The van der Waals surface area contributed by atoms with Crippen LogP contribution in [-0.4, -0.2) is 28.0 Å². The van der Waals surface area contributed by atoms with Crippen LogP contribution in [0.25, 0.3) is 10.9 Å². The predicted molar refractivity (Wildman–Crippen MR) is 93.3 cm³/mol. The van der Waals surface area contributed by atoms with Crippen molar-refractivity contribution in [2.45, 2.75) is 20.8 Å². The van der Waals surface area contributed by atoms with E-state index in [2.05, 4.69) is 5.10 Å². The number of carbonyl (C=O) groups is 3. The van der Waals surface area contributed by atoms with E-state index in [1.165, 1.54) is 18.2 Å². The van der Waals surface area contributed by atoms with Crippen LogP contribution in [0.4, 0.5) is 21.1 Å². The number of nitrogens with zero attached hydrogens (tertiary/aromatic N) is 4. The Kier molecular flexibility index (Phi) is 4.73. The molecule has 0 unspecified atom stereocenters. The van der Waals surface area contributed by atoms with Crippen LogP contribution < -0.4 is 38.0 Å². The van der Waals surface area contributed by atoms with Gasteiger partial charge in [0.2, 0.25) is 0 Å². The van der Waals surface area contributed by atoms with Gasteiger partial charge in [0.1, 0.15) is 5.52 Å². The first-order valence-corrected chi connectivity index (χ1v) is 7.37. The molecule has 4 amide bonds. The van der Waals surface area contributed by atoms with E-state index >= 15 is 0 Å². The molecule has 0 fully saturated rings. The third kappa shape index (κ3) is 3.50. The Morgan fingerprint density at radius 1 is 1.08 bits per heavy atom. The molecule has 0 saturated heterocycles. The highest BCUT2D eigenvalue weighted by atomic mass is 16.7. The van der Waals surface area contributed by atoms with E-state index in [1.54, 1.807) is 20.8 Å². The Labute approximate surface area is 148 Å². The van der Waals surface area contributed by atoms with E-state index in [1.807, 2.05) is 0 Å². The van der Waals surface area contributed by atoms with Crippen LogP contribution in [0.15, 0.2) is 18.2 Å². The van der Waals surface area contributed by atoms with Gasteiger partial charge in [-0.1, -0.05) is 4.85 Å². The summed E-state index contributed by atoms with van der Waals surface area (Å²) in [7, 11) is 0. The lowest BCUT2D eigenvalue weighted by molar-refractivity contribution is -0.154. The number of nitrogens with two attached hydrogens (primary N) is 4. The third-order valence-corrected chi connectivity index (χ3v) is 3.38. The largest absolute Gasteiger partial charge is 0.350 e. The zero-order valence-electron chi connectivity index (χ0n) is 14.5. The summed E-state index contributed by atoms with van der Waals surface area (Å²) in [5.41, 5.74) is 10.0. The second-order valence-corrected chi connectivity index (χ2v) is 6.44. The summed E-state index contributed by atoms with van der Waals surface area (Å²) >= 11 is 0. The smallest absolute Gasteiger partial charge is 0.340 e. The molecule has 26 heavy (non-hydrogen) atoms. The van der Waals surface area contributed by atoms with Crippen LogP contribution >= 0.6 is 0 Å². The fraction of sp³-hybridized carbons (Fsp3) is 0.286. The molecule has 8 N–H and O–H groups in total. The number of anilines is 2. The lowest BCUT2D eigenvalue weighted by Gasteiger charge is -2.16. The number of aromatic nitrogens is 2. The molecule has 12 heteroatoms. The SMILES string of the molecule is CC(C)(C)C(=O)On1nc(N(N)C(N)=O)c2cc(N(N)C(N)=O)ccc21. The predicted octanol–water partition coefficient (Wildman–Crippen LogP) is -0.445. The van der Waals surface area contributed by atoms with Gasteiger partial charge >= 0.3 is 18.0 Å². The third-order valence-electron chi connectivity index (χ3n) is 3.38. The first-order chi connectivity index (χ1) is 11.9. The van der Waals surface area contributed by atoms with Crippen molar-refractivity contribution < 1.29 is 19.2 Å². The van der Waals surface area contributed by atoms with Gasteiger partial charge in [-0.15, -0.1) is 5.10 Å². The highest BCUT2D eigenvalue weighted by Gasteiger charge is 2.27. The standard InChI is InChI=1S/C14H20N8O4/c1-14(2,3)11(23)26-22-9-5-4-7(20(17)12(15)24)6-8(9)10(19-22)21(18)13(16)25/h4-6H,17-18H2,1-3H3,(H2,15,24)(H2,16,25). The van der Waals surface area contributed by atoms with E-state index in [4.69, 9.17) is 28.0 Å². The molecule has 1 heterocycles. The Balaban J connectivity index is 2.63. The van der Waals surface area contributed by atoms with Gasteiger partial charge in [-0.3, -0.25) is 0 Å². The number of hydrogen-bond donors (Lipinski definition) is 4. The number of hydrogen-bond acceptors (Lipinski definition) is 7. The molecule has 0 spiro atoms. The average molecular weight is 364 g/mol. The summed E-state index contributed by atoms with van der Waals surface area (Å²) in [6, 6.07) is 2.41. The minimum Gasteiger partial charge on any atom is -0.350 e. The van der Waals surface area contributed by atoms with E-state index in [0.717, 1.165) is 4.85 Å². The van der Waals surface area contributed by atoms with Gasteiger partial charge in [0.25, 0.3) is 0 Å². The molecule has 0 aliphatic carbocycles. The van der Waals surface area contributed by atoms with Gasteiger partial charge in [-0.2, -0.15) is 0 Å².